The van der Waals surface area contributed by atoms with Gasteiger partial charge in [0.25, 0.3) is 0 Å². The van der Waals surface area contributed by atoms with Gasteiger partial charge in [-0.25, -0.2) is 0 Å². The summed E-state index contributed by atoms with van der Waals surface area (Å²) in [6.45, 7) is 3.74. The molecule has 5 heteroatoms. The first-order valence-electron chi connectivity index (χ1n) is 9.03. The van der Waals surface area contributed by atoms with E-state index in [1.165, 1.54) is 0 Å². The highest BCUT2D eigenvalue weighted by molar-refractivity contribution is 5.97. The van der Waals surface area contributed by atoms with Crippen LogP contribution in [-0.2, 0) is 14.3 Å². The van der Waals surface area contributed by atoms with E-state index in [1.807, 2.05) is 31.2 Å². The Labute approximate surface area is 149 Å². The lowest BCUT2D eigenvalue weighted by Crippen LogP contribution is -2.42. The summed E-state index contributed by atoms with van der Waals surface area (Å²) in [7, 11) is 1.64. The number of rotatable bonds is 7. The minimum atomic E-state index is -0.926. The van der Waals surface area contributed by atoms with Crippen LogP contribution in [0.3, 0.4) is 0 Å². The molecule has 0 saturated heterocycles. The third-order valence-corrected chi connectivity index (χ3v) is 5.51. The highest BCUT2D eigenvalue weighted by Crippen LogP contribution is 2.42. The van der Waals surface area contributed by atoms with Gasteiger partial charge in [0.1, 0.15) is 0 Å². The standard InChI is InChI=1S/C20H29NO4/c1-14(25-3)15-8-7-11-17(12-15)21-19(24)20(2,13-18(22)23)16-9-5-4-6-10-16/h7-8,11-12,14,16H,4-6,9-10,13H2,1-3H3,(H,21,24)(H,22,23). The Bertz CT molecular complexity index is 609. The van der Waals surface area contributed by atoms with Crippen molar-refractivity contribution < 1.29 is 19.4 Å². The molecule has 1 saturated carbocycles. The first-order chi connectivity index (χ1) is 11.9. The minimum Gasteiger partial charge on any atom is -0.481 e. The van der Waals surface area contributed by atoms with Gasteiger partial charge in [-0.2, -0.15) is 0 Å². The van der Waals surface area contributed by atoms with E-state index in [1.54, 1.807) is 14.0 Å². The Morgan fingerprint density at radius 2 is 2.00 bits per heavy atom. The van der Waals surface area contributed by atoms with Crippen molar-refractivity contribution >= 4 is 17.6 Å². The van der Waals surface area contributed by atoms with E-state index < -0.39 is 11.4 Å². The van der Waals surface area contributed by atoms with Gasteiger partial charge < -0.3 is 15.2 Å². The normalized spacial score (nSPS) is 19.0. The third-order valence-electron chi connectivity index (χ3n) is 5.51. The quantitative estimate of drug-likeness (QED) is 0.767. The number of ether oxygens (including phenoxy) is 1. The van der Waals surface area contributed by atoms with Crippen molar-refractivity contribution in [2.75, 3.05) is 12.4 Å². The molecule has 2 atom stereocenters. The molecule has 0 aromatic heterocycles. The van der Waals surface area contributed by atoms with Crippen LogP contribution >= 0.6 is 0 Å². The molecule has 1 amide bonds. The van der Waals surface area contributed by atoms with Gasteiger partial charge in [0.2, 0.25) is 5.91 Å². The topological polar surface area (TPSA) is 75.6 Å². The molecule has 0 bridgehead atoms. The SMILES string of the molecule is COC(C)c1cccc(NC(=O)C(C)(CC(=O)O)C2CCCCC2)c1. The average Bonchev–Trinajstić information content (AvgIpc) is 2.61. The predicted molar refractivity (Wildman–Crippen MR) is 97.4 cm³/mol. The summed E-state index contributed by atoms with van der Waals surface area (Å²) in [4.78, 5) is 24.4. The fourth-order valence-electron chi connectivity index (χ4n) is 3.74. The van der Waals surface area contributed by atoms with Crippen LogP contribution in [0, 0.1) is 11.3 Å². The fourth-order valence-corrected chi connectivity index (χ4v) is 3.74. The summed E-state index contributed by atoms with van der Waals surface area (Å²) in [6, 6.07) is 7.52. The van der Waals surface area contributed by atoms with E-state index >= 15 is 0 Å². The van der Waals surface area contributed by atoms with Crippen molar-refractivity contribution in [1.82, 2.24) is 0 Å². The number of aliphatic carboxylic acids is 1. The summed E-state index contributed by atoms with van der Waals surface area (Å²) < 4.78 is 5.32. The van der Waals surface area contributed by atoms with Gasteiger partial charge >= 0.3 is 5.97 Å². The Hall–Kier alpha value is -1.88. The number of carbonyl (C=O) groups excluding carboxylic acids is 1. The van der Waals surface area contributed by atoms with Crippen LogP contribution in [0.2, 0.25) is 0 Å². The van der Waals surface area contributed by atoms with Gasteiger partial charge in [0.05, 0.1) is 17.9 Å². The van der Waals surface area contributed by atoms with Crippen LogP contribution in [0.15, 0.2) is 24.3 Å². The second kappa shape index (κ2) is 8.48. The molecule has 0 radical (unpaired) electrons. The summed E-state index contributed by atoms with van der Waals surface area (Å²) in [5.41, 5.74) is 0.756. The molecule has 1 aromatic carbocycles. The molecule has 2 unspecified atom stereocenters. The second-order valence-electron chi connectivity index (χ2n) is 7.28. The van der Waals surface area contributed by atoms with Gasteiger partial charge in [0, 0.05) is 12.8 Å². The first kappa shape index (κ1) is 19.4. The van der Waals surface area contributed by atoms with Crippen LogP contribution in [0.4, 0.5) is 5.69 Å². The molecule has 1 fully saturated rings. The van der Waals surface area contributed by atoms with E-state index in [-0.39, 0.29) is 24.3 Å². The first-order valence-corrected chi connectivity index (χ1v) is 9.03. The lowest BCUT2D eigenvalue weighted by Gasteiger charge is -2.37. The number of amides is 1. The molecule has 138 valence electrons. The molecule has 25 heavy (non-hydrogen) atoms. The summed E-state index contributed by atoms with van der Waals surface area (Å²) >= 11 is 0. The maximum atomic E-state index is 13.0. The van der Waals surface area contributed by atoms with Gasteiger partial charge in [-0.15, -0.1) is 0 Å². The molecule has 0 heterocycles. The number of anilines is 1. The zero-order valence-corrected chi connectivity index (χ0v) is 15.4. The molecule has 2 N–H and O–H groups in total. The van der Waals surface area contributed by atoms with Crippen LogP contribution in [-0.4, -0.2) is 24.1 Å². The maximum absolute atomic E-state index is 13.0. The molecular weight excluding hydrogens is 318 g/mol. The van der Waals surface area contributed by atoms with E-state index in [0.29, 0.717) is 5.69 Å². The highest BCUT2D eigenvalue weighted by atomic mass is 16.5. The van der Waals surface area contributed by atoms with Crippen LogP contribution in [0.1, 0.15) is 64.0 Å². The average molecular weight is 347 g/mol. The van der Waals surface area contributed by atoms with E-state index in [2.05, 4.69) is 5.32 Å². The minimum absolute atomic E-state index is 0.0689. The van der Waals surface area contributed by atoms with E-state index in [4.69, 9.17) is 4.74 Å². The molecule has 0 spiro atoms. The van der Waals surface area contributed by atoms with Crippen molar-refractivity contribution in [3.8, 4) is 0 Å². The fraction of sp³-hybridized carbons (Fsp3) is 0.600. The number of nitrogens with one attached hydrogen (secondary N) is 1. The molecule has 1 aromatic rings. The number of carboxylic acids is 1. The van der Waals surface area contributed by atoms with E-state index in [0.717, 1.165) is 37.7 Å². The largest absolute Gasteiger partial charge is 0.481 e. The molecule has 1 aliphatic rings. The predicted octanol–water partition coefficient (Wildman–Crippen LogP) is 4.39. The Kier molecular flexibility index (Phi) is 6.59. The number of methoxy groups -OCH3 is 1. The lowest BCUT2D eigenvalue weighted by atomic mass is 9.67. The number of carbonyl (C=O) groups is 2. The summed E-state index contributed by atoms with van der Waals surface area (Å²) in [5, 5.41) is 12.3. The Balaban J connectivity index is 2.20. The van der Waals surface area contributed by atoms with Crippen molar-refractivity contribution in [2.45, 2.75) is 58.5 Å². The smallest absolute Gasteiger partial charge is 0.304 e. The van der Waals surface area contributed by atoms with Crippen molar-refractivity contribution in [3.05, 3.63) is 29.8 Å². The van der Waals surface area contributed by atoms with Crippen molar-refractivity contribution in [3.63, 3.8) is 0 Å². The highest BCUT2D eigenvalue weighted by Gasteiger charge is 2.43. The number of hydrogen-bond donors (Lipinski definition) is 2. The molecule has 1 aliphatic carbocycles. The molecular formula is C20H29NO4. The molecule has 0 aliphatic heterocycles. The lowest BCUT2D eigenvalue weighted by molar-refractivity contribution is -0.145. The zero-order chi connectivity index (χ0) is 18.4. The van der Waals surface area contributed by atoms with Gasteiger partial charge in [-0.3, -0.25) is 9.59 Å². The third kappa shape index (κ3) is 4.82. The number of hydrogen-bond acceptors (Lipinski definition) is 3. The van der Waals surface area contributed by atoms with E-state index in [9.17, 15) is 14.7 Å². The second-order valence-corrected chi connectivity index (χ2v) is 7.28. The van der Waals surface area contributed by atoms with Crippen molar-refractivity contribution in [2.24, 2.45) is 11.3 Å². The Morgan fingerprint density at radius 1 is 1.32 bits per heavy atom. The maximum Gasteiger partial charge on any atom is 0.304 e. The molecule has 5 nitrogen and oxygen atoms in total. The van der Waals surface area contributed by atoms with Gasteiger partial charge in [-0.05, 0) is 50.3 Å². The number of carboxylic acid groups (broad SMARTS) is 1. The van der Waals surface area contributed by atoms with Crippen LogP contribution in [0.25, 0.3) is 0 Å². The monoisotopic (exact) mass is 347 g/mol. The van der Waals surface area contributed by atoms with Gasteiger partial charge in [0.15, 0.2) is 0 Å². The van der Waals surface area contributed by atoms with Crippen LogP contribution in [0.5, 0.6) is 0 Å². The van der Waals surface area contributed by atoms with Crippen molar-refractivity contribution in [1.29, 1.82) is 0 Å². The zero-order valence-electron chi connectivity index (χ0n) is 15.4. The summed E-state index contributed by atoms with van der Waals surface area (Å²) in [6.07, 6.45) is 4.91. The Morgan fingerprint density at radius 3 is 2.60 bits per heavy atom. The number of benzene rings is 1. The molecule has 2 rings (SSSR count). The summed E-state index contributed by atoms with van der Waals surface area (Å²) in [5.74, 6) is -1.02. The van der Waals surface area contributed by atoms with Gasteiger partial charge in [-0.1, -0.05) is 31.4 Å². The van der Waals surface area contributed by atoms with Crippen LogP contribution < -0.4 is 5.32 Å².